The second-order valence-electron chi connectivity index (χ2n) is 4.26. The second-order valence-corrected chi connectivity index (χ2v) is 4.67. The summed E-state index contributed by atoms with van der Waals surface area (Å²) in [5.41, 5.74) is 1.11. The van der Waals surface area contributed by atoms with Gasteiger partial charge in [0, 0.05) is 22.8 Å². The number of nitrogens with one attached hydrogen (secondary N) is 1. The first-order valence-electron chi connectivity index (χ1n) is 5.92. The average Bonchev–Trinajstić information content (AvgIpc) is 2.77. The number of carbonyl (C=O) groups excluding carboxylic acids is 1. The van der Waals surface area contributed by atoms with Crippen LogP contribution in [0.2, 0.25) is 5.02 Å². The van der Waals surface area contributed by atoms with Crippen LogP contribution in [-0.4, -0.2) is 6.03 Å². The van der Waals surface area contributed by atoms with Gasteiger partial charge in [-0.2, -0.15) is 9.98 Å². The normalized spacial score (nSPS) is 12.6. The molecule has 0 saturated carbocycles. The zero-order valence-corrected chi connectivity index (χ0v) is 11.0. The molecule has 1 aliphatic rings. The van der Waals surface area contributed by atoms with Crippen LogP contribution in [0.25, 0.3) is 0 Å². The van der Waals surface area contributed by atoms with Gasteiger partial charge in [-0.1, -0.05) is 17.7 Å². The average molecular weight is 290 g/mol. The molecular formula is C14H9ClFN3O. The van der Waals surface area contributed by atoms with Crippen LogP contribution in [0, 0.1) is 5.82 Å². The first kappa shape index (κ1) is 12.7. The number of hydrogen-bond donors (Lipinski definition) is 1. The summed E-state index contributed by atoms with van der Waals surface area (Å²) in [7, 11) is 0. The van der Waals surface area contributed by atoms with Gasteiger partial charge in [-0.05, 0) is 30.3 Å². The fourth-order valence-electron chi connectivity index (χ4n) is 1.94. The van der Waals surface area contributed by atoms with Crippen molar-refractivity contribution in [1.82, 2.24) is 0 Å². The van der Waals surface area contributed by atoms with E-state index in [9.17, 15) is 9.18 Å². The van der Waals surface area contributed by atoms with E-state index in [2.05, 4.69) is 15.3 Å². The Morgan fingerprint density at radius 3 is 2.75 bits per heavy atom. The molecule has 0 aliphatic carbocycles. The van der Waals surface area contributed by atoms with Crippen LogP contribution >= 0.6 is 11.6 Å². The molecule has 4 nitrogen and oxygen atoms in total. The standard InChI is InChI=1S/C14H9ClFN3O/c15-10-2-1-3-11(16)9(10)7-17-8-4-5-12-13(6-8)19-14(20)18-12/h1-6,17H,7H2. The molecule has 1 heterocycles. The molecule has 0 radical (unpaired) electrons. The van der Waals surface area contributed by atoms with Gasteiger partial charge in [0.2, 0.25) is 0 Å². The third-order valence-corrected chi connectivity index (χ3v) is 3.29. The Bertz CT molecular complexity index is 799. The molecule has 2 aromatic carbocycles. The topological polar surface area (TPSA) is 53.8 Å². The third-order valence-electron chi connectivity index (χ3n) is 2.94. The van der Waals surface area contributed by atoms with Gasteiger partial charge in [0.15, 0.2) is 0 Å². The van der Waals surface area contributed by atoms with Crippen LogP contribution in [-0.2, 0) is 6.54 Å². The van der Waals surface area contributed by atoms with Crippen LogP contribution < -0.4 is 16.0 Å². The van der Waals surface area contributed by atoms with E-state index in [1.165, 1.54) is 6.07 Å². The molecule has 20 heavy (non-hydrogen) atoms. The fraction of sp³-hybridized carbons (Fsp3) is 0.0714. The predicted molar refractivity (Wildman–Crippen MR) is 72.9 cm³/mol. The van der Waals surface area contributed by atoms with Crippen LogP contribution in [0.5, 0.6) is 0 Å². The predicted octanol–water partition coefficient (Wildman–Crippen LogP) is 2.46. The number of fused-ring (bicyclic) bond motifs is 1. The Hall–Kier alpha value is -2.27. The Morgan fingerprint density at radius 2 is 1.95 bits per heavy atom. The molecule has 1 aliphatic heterocycles. The SMILES string of the molecule is O=C1N=c2ccc(NCc3c(F)cccc3Cl)cc2=N1. The number of anilines is 1. The van der Waals surface area contributed by atoms with Crippen molar-refractivity contribution in [2.24, 2.45) is 9.98 Å². The number of nitrogens with zero attached hydrogens (tertiary/aromatic N) is 2. The van der Waals surface area contributed by atoms with Crippen molar-refractivity contribution in [2.45, 2.75) is 6.54 Å². The number of carbonyl (C=O) groups is 1. The van der Waals surface area contributed by atoms with Gasteiger partial charge in [0.25, 0.3) is 0 Å². The molecule has 0 saturated heterocycles. The first-order valence-corrected chi connectivity index (χ1v) is 6.29. The minimum absolute atomic E-state index is 0.245. The van der Waals surface area contributed by atoms with Crippen molar-refractivity contribution in [2.75, 3.05) is 5.32 Å². The maximum absolute atomic E-state index is 13.6. The van der Waals surface area contributed by atoms with E-state index in [0.717, 1.165) is 5.69 Å². The van der Waals surface area contributed by atoms with Crippen molar-refractivity contribution in [1.29, 1.82) is 0 Å². The Balaban J connectivity index is 1.84. The fourth-order valence-corrected chi connectivity index (χ4v) is 2.17. The highest BCUT2D eigenvalue weighted by atomic mass is 35.5. The lowest BCUT2D eigenvalue weighted by Gasteiger charge is -2.08. The molecule has 0 fully saturated rings. The molecule has 0 spiro atoms. The summed E-state index contributed by atoms with van der Waals surface area (Å²) in [6.07, 6.45) is 0. The maximum Gasteiger partial charge on any atom is 0.368 e. The maximum atomic E-state index is 13.6. The summed E-state index contributed by atoms with van der Waals surface area (Å²) in [4.78, 5) is 18.5. The van der Waals surface area contributed by atoms with Gasteiger partial charge in [-0.3, -0.25) is 0 Å². The lowest BCUT2D eigenvalue weighted by Crippen LogP contribution is -2.21. The lowest BCUT2D eigenvalue weighted by molar-refractivity contribution is 0.256. The van der Waals surface area contributed by atoms with E-state index >= 15 is 0 Å². The Labute approximate surface area is 118 Å². The van der Waals surface area contributed by atoms with E-state index in [0.29, 0.717) is 21.3 Å². The highest BCUT2D eigenvalue weighted by molar-refractivity contribution is 6.31. The van der Waals surface area contributed by atoms with Crippen molar-refractivity contribution < 1.29 is 9.18 Å². The summed E-state index contributed by atoms with van der Waals surface area (Å²) in [5.74, 6) is -0.360. The number of benzene rings is 2. The molecule has 2 amide bonds. The molecule has 0 unspecified atom stereocenters. The van der Waals surface area contributed by atoms with E-state index in [1.807, 2.05) is 0 Å². The van der Waals surface area contributed by atoms with Gasteiger partial charge in [-0.25, -0.2) is 9.18 Å². The summed E-state index contributed by atoms with van der Waals surface area (Å²) >= 11 is 5.95. The zero-order valence-electron chi connectivity index (χ0n) is 10.2. The minimum atomic E-state index is -0.505. The smallest absolute Gasteiger partial charge is 0.368 e. The summed E-state index contributed by atoms with van der Waals surface area (Å²) < 4.78 is 13.6. The number of halogens is 2. The van der Waals surface area contributed by atoms with Crippen LogP contribution in [0.1, 0.15) is 5.56 Å². The van der Waals surface area contributed by atoms with Crippen LogP contribution in [0.15, 0.2) is 46.4 Å². The van der Waals surface area contributed by atoms with Crippen LogP contribution in [0.3, 0.4) is 0 Å². The van der Waals surface area contributed by atoms with Gasteiger partial charge >= 0.3 is 6.03 Å². The zero-order chi connectivity index (χ0) is 14.1. The van der Waals surface area contributed by atoms with Crippen LogP contribution in [0.4, 0.5) is 14.9 Å². The number of rotatable bonds is 3. The first-order chi connectivity index (χ1) is 9.63. The van der Waals surface area contributed by atoms with Crippen molar-refractivity contribution in [3.8, 4) is 0 Å². The Morgan fingerprint density at radius 1 is 1.15 bits per heavy atom. The van der Waals surface area contributed by atoms with E-state index < -0.39 is 6.03 Å². The minimum Gasteiger partial charge on any atom is -0.381 e. The number of hydrogen-bond acceptors (Lipinski definition) is 2. The van der Waals surface area contributed by atoms with Crippen molar-refractivity contribution >= 4 is 23.3 Å². The van der Waals surface area contributed by atoms with Gasteiger partial charge in [0.05, 0.1) is 10.7 Å². The molecule has 3 rings (SSSR count). The molecule has 0 atom stereocenters. The summed E-state index contributed by atoms with van der Waals surface area (Å²) in [6, 6.07) is 9.19. The van der Waals surface area contributed by atoms with Gasteiger partial charge in [0.1, 0.15) is 5.82 Å². The molecule has 1 N–H and O–H groups in total. The molecule has 0 bridgehead atoms. The van der Waals surface area contributed by atoms with Gasteiger partial charge in [-0.15, -0.1) is 0 Å². The van der Waals surface area contributed by atoms with E-state index in [-0.39, 0.29) is 12.4 Å². The molecule has 2 aromatic rings. The molecule has 6 heteroatoms. The largest absolute Gasteiger partial charge is 0.381 e. The second kappa shape index (κ2) is 5.02. The summed E-state index contributed by atoms with van der Waals surface area (Å²) in [5, 5.41) is 4.48. The third kappa shape index (κ3) is 2.40. The highest BCUT2D eigenvalue weighted by Crippen LogP contribution is 2.19. The van der Waals surface area contributed by atoms with E-state index in [4.69, 9.17) is 11.6 Å². The highest BCUT2D eigenvalue weighted by Gasteiger charge is 2.08. The van der Waals surface area contributed by atoms with Crippen molar-refractivity contribution in [3.05, 3.63) is 63.5 Å². The quantitative estimate of drug-likeness (QED) is 0.944. The number of amides is 2. The van der Waals surface area contributed by atoms with Gasteiger partial charge < -0.3 is 5.32 Å². The number of urea groups is 1. The molecular weight excluding hydrogens is 281 g/mol. The molecule has 0 aromatic heterocycles. The van der Waals surface area contributed by atoms with Crippen molar-refractivity contribution in [3.63, 3.8) is 0 Å². The monoisotopic (exact) mass is 289 g/mol. The molecule has 100 valence electrons. The Kier molecular flexibility index (Phi) is 3.20. The lowest BCUT2D eigenvalue weighted by atomic mass is 10.2. The van der Waals surface area contributed by atoms with E-state index in [1.54, 1.807) is 30.3 Å². The summed E-state index contributed by atoms with van der Waals surface area (Å²) in [6.45, 7) is 0.245.